The molecule has 3 aromatic carbocycles. The molecule has 0 radical (unpaired) electrons. The summed E-state index contributed by atoms with van der Waals surface area (Å²) in [4.78, 5) is 27.3. The normalized spacial score (nSPS) is 13.4. The molecule has 178 valence electrons. The summed E-state index contributed by atoms with van der Waals surface area (Å²) in [6.07, 6.45) is 0.545. The topological polar surface area (TPSA) is 34.1 Å². The molecule has 0 amide bonds. The minimum absolute atomic E-state index is 0.106. The van der Waals surface area contributed by atoms with Gasteiger partial charge in [0.1, 0.15) is 11.6 Å². The van der Waals surface area contributed by atoms with Crippen LogP contribution >= 0.6 is 0 Å². The molecule has 1 atom stereocenters. The second-order valence-corrected chi connectivity index (χ2v) is 11.5. The molecule has 0 unspecified atom stereocenters. The van der Waals surface area contributed by atoms with E-state index >= 15 is 0 Å². The second-order valence-electron chi connectivity index (χ2n) is 11.5. The van der Waals surface area contributed by atoms with Crippen LogP contribution in [0.1, 0.15) is 71.1 Å². The summed E-state index contributed by atoms with van der Waals surface area (Å²) in [5.74, 6) is -0.0767. The van der Waals surface area contributed by atoms with Crippen LogP contribution in [0.15, 0.2) is 91.0 Å². The molecule has 0 saturated heterocycles. The SMILES string of the molecule is CC(C)(C)C(=O)[C@@H](CC(=O)CC(c1ccccc1)(c1ccccc1)c1ccccc1)C(C)(C)C. The lowest BCUT2D eigenvalue weighted by Gasteiger charge is -2.37. The second kappa shape index (κ2) is 10.1. The Hall–Kier alpha value is -3.00. The number of hydrogen-bond acceptors (Lipinski definition) is 2. The molecule has 0 aliphatic heterocycles. The maximum Gasteiger partial charge on any atom is 0.142 e. The molecule has 0 N–H and O–H groups in total. The van der Waals surface area contributed by atoms with Crippen molar-refractivity contribution in [3.8, 4) is 0 Å². The highest BCUT2D eigenvalue weighted by Gasteiger charge is 2.42. The van der Waals surface area contributed by atoms with E-state index in [0.29, 0.717) is 6.42 Å². The van der Waals surface area contributed by atoms with Gasteiger partial charge < -0.3 is 0 Å². The fraction of sp³-hybridized carbons (Fsp3) is 0.375. The van der Waals surface area contributed by atoms with Gasteiger partial charge in [-0.15, -0.1) is 0 Å². The fourth-order valence-corrected chi connectivity index (χ4v) is 4.88. The Bertz CT molecular complexity index is 988. The summed E-state index contributed by atoms with van der Waals surface area (Å²) in [5, 5.41) is 0. The number of ketones is 2. The molecule has 2 nitrogen and oxygen atoms in total. The Kier molecular flexibility index (Phi) is 7.60. The number of Topliss-reactive ketones (excluding diaryl/α,β-unsaturated/α-hetero) is 2. The van der Waals surface area contributed by atoms with E-state index in [9.17, 15) is 9.59 Å². The summed E-state index contributed by atoms with van der Waals surface area (Å²) in [6, 6.07) is 30.8. The van der Waals surface area contributed by atoms with Crippen molar-refractivity contribution >= 4 is 11.6 Å². The van der Waals surface area contributed by atoms with Crippen molar-refractivity contribution in [2.24, 2.45) is 16.7 Å². The van der Waals surface area contributed by atoms with Gasteiger partial charge >= 0.3 is 0 Å². The van der Waals surface area contributed by atoms with Crippen LogP contribution in [0.4, 0.5) is 0 Å². The minimum atomic E-state index is -0.631. The van der Waals surface area contributed by atoms with Crippen molar-refractivity contribution in [2.45, 2.75) is 59.8 Å². The number of rotatable bonds is 8. The van der Waals surface area contributed by atoms with Crippen molar-refractivity contribution in [1.82, 2.24) is 0 Å². The van der Waals surface area contributed by atoms with Gasteiger partial charge in [-0.05, 0) is 22.1 Å². The lowest BCUT2D eigenvalue weighted by molar-refractivity contribution is -0.137. The van der Waals surface area contributed by atoms with E-state index in [4.69, 9.17) is 0 Å². The van der Waals surface area contributed by atoms with Crippen molar-refractivity contribution in [3.63, 3.8) is 0 Å². The minimum Gasteiger partial charge on any atom is -0.300 e. The van der Waals surface area contributed by atoms with Gasteiger partial charge in [-0.25, -0.2) is 0 Å². The van der Waals surface area contributed by atoms with Gasteiger partial charge in [0.2, 0.25) is 0 Å². The lowest BCUT2D eigenvalue weighted by Crippen LogP contribution is -2.39. The zero-order chi connectivity index (χ0) is 25.0. The average molecular weight is 455 g/mol. The Balaban J connectivity index is 2.13. The third-order valence-electron chi connectivity index (χ3n) is 6.79. The number of carbonyl (C=O) groups is 2. The average Bonchev–Trinajstić information content (AvgIpc) is 2.81. The summed E-state index contributed by atoms with van der Waals surface area (Å²) in [5.41, 5.74) is 1.82. The Morgan fingerprint density at radius 1 is 0.618 bits per heavy atom. The predicted octanol–water partition coefficient (Wildman–Crippen LogP) is 7.65. The first-order valence-corrected chi connectivity index (χ1v) is 12.2. The third kappa shape index (κ3) is 5.55. The van der Waals surface area contributed by atoms with E-state index in [-0.39, 0.29) is 29.3 Å². The molecule has 0 bridgehead atoms. The van der Waals surface area contributed by atoms with Gasteiger partial charge in [-0.1, -0.05) is 133 Å². The molecule has 3 aromatic rings. The fourth-order valence-electron chi connectivity index (χ4n) is 4.88. The van der Waals surface area contributed by atoms with Gasteiger partial charge in [0.25, 0.3) is 0 Å². The van der Waals surface area contributed by atoms with E-state index in [1.807, 2.05) is 75.4 Å². The molecule has 0 heterocycles. The molecule has 3 rings (SSSR count). The zero-order valence-corrected chi connectivity index (χ0v) is 21.5. The van der Waals surface area contributed by atoms with Gasteiger partial charge in [-0.3, -0.25) is 9.59 Å². The first-order chi connectivity index (χ1) is 16.0. The van der Waals surface area contributed by atoms with Crippen LogP contribution in [-0.4, -0.2) is 11.6 Å². The number of carbonyl (C=O) groups excluding carboxylic acids is 2. The molecule has 0 aliphatic carbocycles. The molecular weight excluding hydrogens is 416 g/mol. The highest BCUT2D eigenvalue weighted by Crippen LogP contribution is 2.44. The molecule has 0 saturated carbocycles. The number of benzene rings is 3. The van der Waals surface area contributed by atoms with Crippen molar-refractivity contribution in [2.75, 3.05) is 0 Å². The third-order valence-corrected chi connectivity index (χ3v) is 6.79. The summed E-state index contributed by atoms with van der Waals surface area (Å²) in [6.45, 7) is 12.0. The van der Waals surface area contributed by atoms with E-state index in [1.54, 1.807) is 0 Å². The van der Waals surface area contributed by atoms with Crippen LogP contribution in [0.3, 0.4) is 0 Å². The Labute approximate surface area is 205 Å². The van der Waals surface area contributed by atoms with Crippen LogP contribution in [0.5, 0.6) is 0 Å². The largest absolute Gasteiger partial charge is 0.300 e. The predicted molar refractivity (Wildman–Crippen MR) is 141 cm³/mol. The van der Waals surface area contributed by atoms with Gasteiger partial charge in [-0.2, -0.15) is 0 Å². The van der Waals surface area contributed by atoms with Crippen molar-refractivity contribution < 1.29 is 9.59 Å². The van der Waals surface area contributed by atoms with Crippen molar-refractivity contribution in [3.05, 3.63) is 108 Å². The quantitative estimate of drug-likeness (QED) is 0.328. The standard InChI is InChI=1S/C32H38O2/c1-30(2,3)28(29(34)31(4,5)6)22-27(33)23-32(24-16-10-7-11-17-24,25-18-12-8-13-19-25)26-20-14-9-15-21-26/h7-21,28H,22-23H2,1-6H3/t28-/m1/s1. The van der Waals surface area contributed by atoms with Gasteiger partial charge in [0.15, 0.2) is 0 Å². The molecule has 0 fully saturated rings. The Morgan fingerprint density at radius 2 is 0.971 bits per heavy atom. The van der Waals surface area contributed by atoms with Crippen LogP contribution in [0.25, 0.3) is 0 Å². The number of hydrogen-bond donors (Lipinski definition) is 0. The molecular formula is C32H38O2. The zero-order valence-electron chi connectivity index (χ0n) is 21.5. The maximum atomic E-state index is 13.9. The molecule has 34 heavy (non-hydrogen) atoms. The summed E-state index contributed by atoms with van der Waals surface area (Å²) >= 11 is 0. The Morgan fingerprint density at radius 3 is 1.26 bits per heavy atom. The monoisotopic (exact) mass is 454 g/mol. The smallest absolute Gasteiger partial charge is 0.142 e. The molecule has 0 aromatic heterocycles. The van der Waals surface area contributed by atoms with Crippen LogP contribution in [0, 0.1) is 16.7 Å². The summed E-state index contributed by atoms with van der Waals surface area (Å²) in [7, 11) is 0. The maximum absolute atomic E-state index is 13.9. The van der Waals surface area contributed by atoms with E-state index < -0.39 is 10.8 Å². The van der Waals surface area contributed by atoms with Crippen molar-refractivity contribution in [1.29, 1.82) is 0 Å². The van der Waals surface area contributed by atoms with E-state index in [2.05, 4.69) is 57.2 Å². The molecule has 0 spiro atoms. The molecule has 0 aliphatic rings. The van der Waals surface area contributed by atoms with Crippen LogP contribution in [-0.2, 0) is 15.0 Å². The summed E-state index contributed by atoms with van der Waals surface area (Å²) < 4.78 is 0. The van der Waals surface area contributed by atoms with Crippen LogP contribution < -0.4 is 0 Å². The first kappa shape index (κ1) is 25.6. The van der Waals surface area contributed by atoms with Crippen LogP contribution in [0.2, 0.25) is 0 Å². The molecule has 2 heteroatoms. The highest BCUT2D eigenvalue weighted by molar-refractivity contribution is 5.92. The van der Waals surface area contributed by atoms with E-state index in [1.165, 1.54) is 0 Å². The highest BCUT2D eigenvalue weighted by atomic mass is 16.1. The lowest BCUT2D eigenvalue weighted by atomic mass is 9.64. The van der Waals surface area contributed by atoms with Gasteiger partial charge in [0, 0.05) is 24.2 Å². The first-order valence-electron chi connectivity index (χ1n) is 12.2. The van der Waals surface area contributed by atoms with Gasteiger partial charge in [0.05, 0.1) is 5.41 Å². The van der Waals surface area contributed by atoms with E-state index in [0.717, 1.165) is 16.7 Å².